The summed E-state index contributed by atoms with van der Waals surface area (Å²) in [5.41, 5.74) is 1.38. The number of aliphatic hydroxyl groups is 1. The molecule has 1 atom stereocenters. The molecule has 0 aliphatic carbocycles. The summed E-state index contributed by atoms with van der Waals surface area (Å²) in [6.45, 7) is 2.93. The Morgan fingerprint density at radius 1 is 1.43 bits per heavy atom. The summed E-state index contributed by atoms with van der Waals surface area (Å²) in [5, 5.41) is 25.4. The molecule has 0 saturated carbocycles. The first-order valence-electron chi connectivity index (χ1n) is 6.61. The van der Waals surface area contributed by atoms with E-state index in [-0.39, 0.29) is 6.61 Å². The lowest BCUT2D eigenvalue weighted by Gasteiger charge is -2.12. The Morgan fingerprint density at radius 3 is 2.81 bits per heavy atom. The van der Waals surface area contributed by atoms with Crippen molar-refractivity contribution < 1.29 is 14.4 Å². The fraction of sp³-hybridized carbons (Fsp3) is 0.333. The van der Waals surface area contributed by atoms with Crippen LogP contribution in [0.15, 0.2) is 34.9 Å². The topological polar surface area (TPSA) is 91.3 Å². The largest absolute Gasteiger partial charge is 0.491 e. The fourth-order valence-electron chi connectivity index (χ4n) is 1.75. The van der Waals surface area contributed by atoms with E-state index in [1.165, 1.54) is 0 Å². The van der Waals surface area contributed by atoms with Crippen LogP contribution in [0, 0.1) is 18.3 Å². The number of nitrogens with one attached hydrogen (secondary N) is 1. The Morgan fingerprint density at radius 2 is 2.19 bits per heavy atom. The van der Waals surface area contributed by atoms with Gasteiger partial charge in [0.2, 0.25) is 0 Å². The second kappa shape index (κ2) is 7.43. The molecule has 6 heteroatoms. The molecule has 2 aromatic rings. The smallest absolute Gasteiger partial charge is 0.133 e. The fourth-order valence-corrected chi connectivity index (χ4v) is 1.75. The number of rotatable bonds is 7. The monoisotopic (exact) mass is 287 g/mol. The van der Waals surface area contributed by atoms with Gasteiger partial charge >= 0.3 is 0 Å². The summed E-state index contributed by atoms with van der Waals surface area (Å²) >= 11 is 0. The molecule has 1 unspecified atom stereocenters. The SMILES string of the molecule is Cc1cc(CNCC(O)COc2ccc(C#N)cc2)no1. The molecule has 0 saturated heterocycles. The molecule has 0 fully saturated rings. The minimum absolute atomic E-state index is 0.177. The van der Waals surface area contributed by atoms with Gasteiger partial charge in [0.25, 0.3) is 0 Å². The van der Waals surface area contributed by atoms with E-state index in [1.54, 1.807) is 24.3 Å². The van der Waals surface area contributed by atoms with Crippen molar-refractivity contribution in [3.05, 3.63) is 47.3 Å². The van der Waals surface area contributed by atoms with Crippen LogP contribution in [-0.2, 0) is 6.54 Å². The van der Waals surface area contributed by atoms with Gasteiger partial charge in [0.1, 0.15) is 24.2 Å². The van der Waals surface area contributed by atoms with Gasteiger partial charge in [0.15, 0.2) is 0 Å². The molecule has 2 rings (SSSR count). The van der Waals surface area contributed by atoms with Crippen LogP contribution in [0.5, 0.6) is 5.75 Å². The minimum atomic E-state index is -0.631. The molecule has 0 aliphatic heterocycles. The Bertz CT molecular complexity index is 601. The van der Waals surface area contributed by atoms with E-state index in [2.05, 4.69) is 10.5 Å². The number of aliphatic hydroxyl groups excluding tert-OH is 1. The van der Waals surface area contributed by atoms with E-state index in [4.69, 9.17) is 14.5 Å². The van der Waals surface area contributed by atoms with E-state index >= 15 is 0 Å². The zero-order valence-corrected chi connectivity index (χ0v) is 11.7. The third-order valence-electron chi connectivity index (χ3n) is 2.79. The van der Waals surface area contributed by atoms with Gasteiger partial charge in [-0.25, -0.2) is 0 Å². The van der Waals surface area contributed by atoms with Crippen LogP contribution in [-0.4, -0.2) is 29.5 Å². The molecule has 1 aromatic carbocycles. The molecular formula is C15H17N3O3. The molecule has 110 valence electrons. The molecule has 1 heterocycles. The van der Waals surface area contributed by atoms with Gasteiger partial charge in [-0.1, -0.05) is 5.16 Å². The third-order valence-corrected chi connectivity index (χ3v) is 2.79. The van der Waals surface area contributed by atoms with Gasteiger partial charge in [-0.2, -0.15) is 5.26 Å². The first-order chi connectivity index (χ1) is 10.2. The van der Waals surface area contributed by atoms with Gasteiger partial charge in [-0.3, -0.25) is 0 Å². The van der Waals surface area contributed by atoms with Gasteiger partial charge in [-0.05, 0) is 31.2 Å². The van der Waals surface area contributed by atoms with Crippen LogP contribution in [0.3, 0.4) is 0 Å². The summed E-state index contributed by atoms with van der Waals surface area (Å²) in [6.07, 6.45) is -0.631. The predicted molar refractivity (Wildman–Crippen MR) is 75.6 cm³/mol. The molecule has 1 aromatic heterocycles. The summed E-state index contributed by atoms with van der Waals surface area (Å²) in [4.78, 5) is 0. The Balaban J connectivity index is 1.67. The van der Waals surface area contributed by atoms with Crippen molar-refractivity contribution in [2.75, 3.05) is 13.2 Å². The van der Waals surface area contributed by atoms with E-state index in [1.807, 2.05) is 19.1 Å². The highest BCUT2D eigenvalue weighted by atomic mass is 16.5. The van der Waals surface area contributed by atoms with Crippen molar-refractivity contribution in [2.45, 2.75) is 19.6 Å². The lowest BCUT2D eigenvalue weighted by molar-refractivity contribution is 0.106. The Labute approximate surface area is 122 Å². The summed E-state index contributed by atoms with van der Waals surface area (Å²) in [5.74, 6) is 1.39. The normalized spacial score (nSPS) is 11.9. The first kappa shape index (κ1) is 15.0. The first-order valence-corrected chi connectivity index (χ1v) is 6.61. The van der Waals surface area contributed by atoms with Crippen molar-refractivity contribution >= 4 is 0 Å². The lowest BCUT2D eigenvalue weighted by Crippen LogP contribution is -2.31. The highest BCUT2D eigenvalue weighted by Crippen LogP contribution is 2.11. The molecule has 0 amide bonds. The standard InChI is InChI=1S/C15H17N3O3/c1-11-6-13(18-21-11)8-17-9-14(19)10-20-15-4-2-12(7-16)3-5-15/h2-6,14,17,19H,8-10H2,1H3. The number of nitrogens with zero attached hydrogens (tertiary/aromatic N) is 2. The predicted octanol–water partition coefficient (Wildman–Crippen LogP) is 1.38. The Kier molecular flexibility index (Phi) is 5.32. The van der Waals surface area contributed by atoms with E-state index in [9.17, 15) is 5.11 Å². The molecule has 21 heavy (non-hydrogen) atoms. The zero-order valence-electron chi connectivity index (χ0n) is 11.7. The van der Waals surface area contributed by atoms with Crippen molar-refractivity contribution in [1.29, 1.82) is 5.26 Å². The number of hydrogen-bond donors (Lipinski definition) is 2. The number of ether oxygens (including phenoxy) is 1. The number of aromatic nitrogens is 1. The maximum absolute atomic E-state index is 9.81. The van der Waals surface area contributed by atoms with Crippen LogP contribution in [0.4, 0.5) is 0 Å². The van der Waals surface area contributed by atoms with Crippen LogP contribution in [0.1, 0.15) is 17.0 Å². The molecule has 0 radical (unpaired) electrons. The minimum Gasteiger partial charge on any atom is -0.491 e. The van der Waals surface area contributed by atoms with Crippen LogP contribution >= 0.6 is 0 Å². The van der Waals surface area contributed by atoms with Gasteiger partial charge in [-0.15, -0.1) is 0 Å². The third kappa shape index (κ3) is 4.91. The number of nitriles is 1. The van der Waals surface area contributed by atoms with E-state index in [0.717, 1.165) is 11.5 Å². The van der Waals surface area contributed by atoms with Crippen molar-refractivity contribution in [1.82, 2.24) is 10.5 Å². The average molecular weight is 287 g/mol. The molecule has 2 N–H and O–H groups in total. The molecule has 0 aliphatic rings. The van der Waals surface area contributed by atoms with Crippen LogP contribution in [0.2, 0.25) is 0 Å². The van der Waals surface area contributed by atoms with Crippen LogP contribution in [0.25, 0.3) is 0 Å². The van der Waals surface area contributed by atoms with Gasteiger partial charge in [0.05, 0.1) is 17.3 Å². The van der Waals surface area contributed by atoms with Crippen molar-refractivity contribution in [3.8, 4) is 11.8 Å². The Hall–Kier alpha value is -2.36. The maximum Gasteiger partial charge on any atom is 0.133 e. The van der Waals surface area contributed by atoms with Gasteiger partial charge < -0.3 is 19.7 Å². The van der Waals surface area contributed by atoms with Crippen molar-refractivity contribution in [3.63, 3.8) is 0 Å². The summed E-state index contributed by atoms with van der Waals surface area (Å²) in [6, 6.07) is 10.6. The highest BCUT2D eigenvalue weighted by Gasteiger charge is 2.06. The summed E-state index contributed by atoms with van der Waals surface area (Å²) < 4.78 is 10.4. The second-order valence-electron chi connectivity index (χ2n) is 4.66. The maximum atomic E-state index is 9.81. The average Bonchev–Trinajstić information content (AvgIpc) is 2.91. The molecular weight excluding hydrogens is 270 g/mol. The quantitative estimate of drug-likeness (QED) is 0.799. The highest BCUT2D eigenvalue weighted by molar-refractivity contribution is 5.34. The number of benzene rings is 1. The second-order valence-corrected chi connectivity index (χ2v) is 4.66. The molecule has 0 spiro atoms. The summed E-state index contributed by atoms with van der Waals surface area (Å²) in [7, 11) is 0. The molecule has 0 bridgehead atoms. The van der Waals surface area contributed by atoms with E-state index in [0.29, 0.717) is 24.4 Å². The molecule has 6 nitrogen and oxygen atoms in total. The van der Waals surface area contributed by atoms with E-state index < -0.39 is 6.10 Å². The number of aryl methyl sites for hydroxylation is 1. The zero-order chi connectivity index (χ0) is 15.1. The lowest BCUT2D eigenvalue weighted by atomic mass is 10.2. The van der Waals surface area contributed by atoms with Crippen LogP contribution < -0.4 is 10.1 Å². The number of hydrogen-bond acceptors (Lipinski definition) is 6. The van der Waals surface area contributed by atoms with Crippen molar-refractivity contribution in [2.24, 2.45) is 0 Å². The van der Waals surface area contributed by atoms with Gasteiger partial charge in [0, 0.05) is 19.2 Å².